The molecule has 90 valence electrons. The van der Waals surface area contributed by atoms with Crippen molar-refractivity contribution in [3.8, 4) is 11.4 Å². The SMILES string of the molecule is CCn1nc(-c2cccc(Cl)c2)nc1N(C)C. The summed E-state index contributed by atoms with van der Waals surface area (Å²) in [6.45, 7) is 2.84. The van der Waals surface area contributed by atoms with Gasteiger partial charge in [0.25, 0.3) is 0 Å². The number of benzene rings is 1. The Labute approximate surface area is 106 Å². The van der Waals surface area contributed by atoms with Crippen LogP contribution >= 0.6 is 11.6 Å². The third-order valence-corrected chi connectivity index (χ3v) is 2.67. The zero-order valence-corrected chi connectivity index (χ0v) is 10.9. The van der Waals surface area contributed by atoms with Crippen molar-refractivity contribution in [2.45, 2.75) is 13.5 Å². The second-order valence-corrected chi connectivity index (χ2v) is 4.39. The standard InChI is InChI=1S/C12H15ClN4/c1-4-17-12(16(2)3)14-11(15-17)9-6-5-7-10(13)8-9/h5-8H,4H2,1-3H3. The van der Waals surface area contributed by atoms with Crippen molar-refractivity contribution < 1.29 is 0 Å². The van der Waals surface area contributed by atoms with Gasteiger partial charge in [-0.2, -0.15) is 4.98 Å². The van der Waals surface area contributed by atoms with E-state index in [4.69, 9.17) is 11.6 Å². The summed E-state index contributed by atoms with van der Waals surface area (Å²) in [4.78, 5) is 6.46. The molecule has 0 radical (unpaired) electrons. The highest BCUT2D eigenvalue weighted by Gasteiger charge is 2.11. The molecule has 0 saturated carbocycles. The summed E-state index contributed by atoms with van der Waals surface area (Å²) < 4.78 is 1.87. The molecule has 1 heterocycles. The average Bonchev–Trinajstić information content (AvgIpc) is 2.73. The Bertz CT molecular complexity index is 519. The van der Waals surface area contributed by atoms with Crippen molar-refractivity contribution in [1.82, 2.24) is 14.8 Å². The number of rotatable bonds is 3. The number of anilines is 1. The summed E-state index contributed by atoms with van der Waals surface area (Å²) in [6.07, 6.45) is 0. The zero-order valence-electron chi connectivity index (χ0n) is 10.2. The molecule has 0 bridgehead atoms. The summed E-state index contributed by atoms with van der Waals surface area (Å²) in [6, 6.07) is 7.57. The molecule has 1 aromatic heterocycles. The minimum absolute atomic E-state index is 0.696. The van der Waals surface area contributed by atoms with Gasteiger partial charge in [0.15, 0.2) is 5.82 Å². The molecule has 1 aromatic carbocycles. The highest BCUT2D eigenvalue weighted by Crippen LogP contribution is 2.22. The number of halogens is 1. The van der Waals surface area contributed by atoms with Crippen LogP contribution in [0.25, 0.3) is 11.4 Å². The molecule has 0 saturated heterocycles. The summed E-state index contributed by atoms with van der Waals surface area (Å²) in [5.74, 6) is 1.56. The maximum absolute atomic E-state index is 5.96. The maximum atomic E-state index is 5.96. The quantitative estimate of drug-likeness (QED) is 0.840. The van der Waals surface area contributed by atoms with E-state index in [1.165, 1.54) is 0 Å². The predicted octanol–water partition coefficient (Wildman–Crippen LogP) is 2.68. The van der Waals surface area contributed by atoms with Gasteiger partial charge in [0.05, 0.1) is 0 Å². The summed E-state index contributed by atoms with van der Waals surface area (Å²) in [7, 11) is 3.91. The largest absolute Gasteiger partial charge is 0.347 e. The number of hydrogen-bond acceptors (Lipinski definition) is 3. The Balaban J connectivity index is 2.46. The number of aryl methyl sites for hydroxylation is 1. The molecule has 5 heteroatoms. The topological polar surface area (TPSA) is 34.0 Å². The van der Waals surface area contributed by atoms with Crippen molar-refractivity contribution in [1.29, 1.82) is 0 Å². The molecular weight excluding hydrogens is 236 g/mol. The Morgan fingerprint density at radius 2 is 2.12 bits per heavy atom. The zero-order chi connectivity index (χ0) is 12.4. The highest BCUT2D eigenvalue weighted by atomic mass is 35.5. The summed E-state index contributed by atoms with van der Waals surface area (Å²) >= 11 is 5.96. The van der Waals surface area contributed by atoms with E-state index in [2.05, 4.69) is 10.1 Å². The Kier molecular flexibility index (Phi) is 3.33. The normalized spacial score (nSPS) is 10.6. The third kappa shape index (κ3) is 2.42. The van der Waals surface area contributed by atoms with Crippen LogP contribution in [0.15, 0.2) is 24.3 Å². The van der Waals surface area contributed by atoms with E-state index in [-0.39, 0.29) is 0 Å². The lowest BCUT2D eigenvalue weighted by Crippen LogP contribution is -2.15. The van der Waals surface area contributed by atoms with Crippen LogP contribution in [-0.2, 0) is 6.54 Å². The van der Waals surface area contributed by atoms with E-state index in [0.717, 1.165) is 18.1 Å². The van der Waals surface area contributed by atoms with Crippen LogP contribution in [0.5, 0.6) is 0 Å². The fourth-order valence-electron chi connectivity index (χ4n) is 1.63. The van der Waals surface area contributed by atoms with Gasteiger partial charge in [0.1, 0.15) is 0 Å². The molecule has 0 fully saturated rings. The van der Waals surface area contributed by atoms with E-state index >= 15 is 0 Å². The van der Waals surface area contributed by atoms with E-state index in [9.17, 15) is 0 Å². The minimum Gasteiger partial charge on any atom is -0.347 e. The molecule has 0 aliphatic rings. The van der Waals surface area contributed by atoms with Crippen molar-refractivity contribution >= 4 is 17.5 Å². The lowest BCUT2D eigenvalue weighted by molar-refractivity contribution is 0.654. The van der Waals surface area contributed by atoms with E-state index in [0.29, 0.717) is 10.8 Å². The minimum atomic E-state index is 0.696. The Morgan fingerprint density at radius 3 is 2.65 bits per heavy atom. The van der Waals surface area contributed by atoms with Crippen LogP contribution in [0.2, 0.25) is 5.02 Å². The number of aromatic nitrogens is 3. The molecule has 0 atom stereocenters. The smallest absolute Gasteiger partial charge is 0.223 e. The van der Waals surface area contributed by atoms with Crippen LogP contribution in [0, 0.1) is 0 Å². The fraction of sp³-hybridized carbons (Fsp3) is 0.333. The van der Waals surface area contributed by atoms with Gasteiger partial charge in [-0.15, -0.1) is 5.10 Å². The van der Waals surface area contributed by atoms with Gasteiger partial charge in [0.2, 0.25) is 5.95 Å². The lowest BCUT2D eigenvalue weighted by Gasteiger charge is -2.10. The van der Waals surface area contributed by atoms with Crippen molar-refractivity contribution in [2.24, 2.45) is 0 Å². The van der Waals surface area contributed by atoms with Crippen LogP contribution in [0.4, 0.5) is 5.95 Å². The van der Waals surface area contributed by atoms with E-state index < -0.39 is 0 Å². The first-order valence-corrected chi connectivity index (χ1v) is 5.87. The summed E-state index contributed by atoms with van der Waals surface area (Å²) in [5, 5.41) is 5.16. The molecule has 0 amide bonds. The van der Waals surface area contributed by atoms with Gasteiger partial charge >= 0.3 is 0 Å². The van der Waals surface area contributed by atoms with E-state index in [1.54, 1.807) is 0 Å². The monoisotopic (exact) mass is 250 g/mol. The summed E-state index contributed by atoms with van der Waals surface area (Å²) in [5.41, 5.74) is 0.938. The molecule has 0 N–H and O–H groups in total. The lowest BCUT2D eigenvalue weighted by atomic mass is 10.2. The molecule has 0 unspecified atom stereocenters. The van der Waals surface area contributed by atoms with Gasteiger partial charge in [-0.25, -0.2) is 4.68 Å². The second-order valence-electron chi connectivity index (χ2n) is 3.96. The molecule has 0 aliphatic carbocycles. The molecule has 0 spiro atoms. The van der Waals surface area contributed by atoms with Gasteiger partial charge in [0, 0.05) is 31.2 Å². The molecule has 2 rings (SSSR count). The van der Waals surface area contributed by atoms with Gasteiger partial charge in [-0.3, -0.25) is 0 Å². The third-order valence-electron chi connectivity index (χ3n) is 2.43. The molecule has 0 aliphatic heterocycles. The highest BCUT2D eigenvalue weighted by molar-refractivity contribution is 6.30. The molecule has 2 aromatic rings. The second kappa shape index (κ2) is 4.75. The Hall–Kier alpha value is -1.55. The predicted molar refractivity (Wildman–Crippen MR) is 70.5 cm³/mol. The first-order valence-electron chi connectivity index (χ1n) is 5.50. The fourth-order valence-corrected chi connectivity index (χ4v) is 1.82. The molecular formula is C12H15ClN4. The molecule has 17 heavy (non-hydrogen) atoms. The van der Waals surface area contributed by atoms with Crippen LogP contribution < -0.4 is 4.90 Å². The van der Waals surface area contributed by atoms with Crippen LogP contribution in [0.1, 0.15) is 6.92 Å². The number of hydrogen-bond donors (Lipinski definition) is 0. The van der Waals surface area contributed by atoms with Crippen LogP contribution in [0.3, 0.4) is 0 Å². The average molecular weight is 251 g/mol. The number of nitrogens with zero attached hydrogens (tertiary/aromatic N) is 4. The Morgan fingerprint density at radius 1 is 1.35 bits per heavy atom. The van der Waals surface area contributed by atoms with Gasteiger partial charge in [-0.05, 0) is 19.1 Å². The van der Waals surface area contributed by atoms with Gasteiger partial charge < -0.3 is 4.90 Å². The van der Waals surface area contributed by atoms with Crippen molar-refractivity contribution in [3.05, 3.63) is 29.3 Å². The first kappa shape index (κ1) is 11.9. The van der Waals surface area contributed by atoms with Crippen molar-refractivity contribution in [3.63, 3.8) is 0 Å². The van der Waals surface area contributed by atoms with Crippen molar-refractivity contribution in [2.75, 3.05) is 19.0 Å². The van der Waals surface area contributed by atoms with Crippen LogP contribution in [-0.4, -0.2) is 28.9 Å². The first-order chi connectivity index (χ1) is 8.11. The van der Waals surface area contributed by atoms with E-state index in [1.807, 2.05) is 54.9 Å². The van der Waals surface area contributed by atoms with Gasteiger partial charge in [-0.1, -0.05) is 23.7 Å². The molecule has 4 nitrogen and oxygen atoms in total. The maximum Gasteiger partial charge on any atom is 0.223 e.